The van der Waals surface area contributed by atoms with Gasteiger partial charge in [0, 0.05) is 6.42 Å². The smallest absolute Gasteiger partial charge is 0.387 e. The Hall–Kier alpha value is -2.32. The molecule has 0 aromatic heterocycles. The molecule has 3 N–H and O–H groups in total. The SMILES string of the molecule is CC/C=C\C/C=C\C/C=C\C/C=C\CCCCCCCCCCCCCCCCCCCCCCCCC(=O)NC(COP(=O)(O)OCC[N+](C)(C)C)C(O)/C=C/CC/C=C/CC/C=C/CC. The number of aliphatic hydroxyl groups excluding tert-OH is 1. The van der Waals surface area contributed by atoms with Crippen molar-refractivity contribution in [1.82, 2.24) is 5.32 Å². The van der Waals surface area contributed by atoms with E-state index in [9.17, 15) is 19.4 Å². The molecular weight excluding hydrogens is 852 g/mol. The predicted octanol–water partition coefficient (Wildman–Crippen LogP) is 16.5. The fraction of sp³-hybridized carbons (Fsp3) is 0.741. The van der Waals surface area contributed by atoms with Crippen molar-refractivity contribution < 1.29 is 32.9 Å². The molecule has 0 heterocycles. The van der Waals surface area contributed by atoms with Crippen molar-refractivity contribution in [3.8, 4) is 0 Å². The first-order valence-corrected chi connectivity index (χ1v) is 29.0. The van der Waals surface area contributed by atoms with E-state index in [1.807, 2.05) is 27.2 Å². The summed E-state index contributed by atoms with van der Waals surface area (Å²) in [5, 5.41) is 13.8. The molecule has 3 atom stereocenters. The highest BCUT2D eigenvalue weighted by molar-refractivity contribution is 7.47. The number of phosphoric acid groups is 1. The van der Waals surface area contributed by atoms with Gasteiger partial charge in [-0.25, -0.2) is 4.57 Å². The summed E-state index contributed by atoms with van der Waals surface area (Å²) in [6.07, 6.45) is 68.6. The van der Waals surface area contributed by atoms with Gasteiger partial charge in [0.15, 0.2) is 0 Å². The van der Waals surface area contributed by atoms with E-state index in [1.54, 1.807) is 6.08 Å². The first-order valence-electron chi connectivity index (χ1n) is 27.5. The zero-order valence-electron chi connectivity index (χ0n) is 44.1. The van der Waals surface area contributed by atoms with Crippen LogP contribution in [0.15, 0.2) is 85.1 Å². The van der Waals surface area contributed by atoms with E-state index in [0.717, 1.165) is 77.0 Å². The number of quaternary nitrogens is 1. The van der Waals surface area contributed by atoms with Crippen LogP contribution in [0.4, 0.5) is 0 Å². The second kappa shape index (κ2) is 48.7. The Balaban J connectivity index is 3.94. The van der Waals surface area contributed by atoms with E-state index in [0.29, 0.717) is 17.4 Å². The van der Waals surface area contributed by atoms with Crippen LogP contribution in [-0.4, -0.2) is 73.4 Å². The highest BCUT2D eigenvalue weighted by atomic mass is 31.2. The lowest BCUT2D eigenvalue weighted by Gasteiger charge is -2.25. The number of amides is 1. The topological polar surface area (TPSA) is 105 Å². The number of nitrogens with zero attached hydrogens (tertiary/aromatic N) is 1. The van der Waals surface area contributed by atoms with Gasteiger partial charge in [-0.05, 0) is 77.0 Å². The number of rotatable bonds is 49. The lowest BCUT2D eigenvalue weighted by atomic mass is 10.0. The molecule has 0 radical (unpaired) electrons. The summed E-state index contributed by atoms with van der Waals surface area (Å²) < 4.78 is 23.5. The van der Waals surface area contributed by atoms with Gasteiger partial charge < -0.3 is 19.8 Å². The van der Waals surface area contributed by atoms with E-state index < -0.39 is 20.0 Å². The number of allylic oxidation sites excluding steroid dienone is 13. The third kappa shape index (κ3) is 51.4. The molecule has 388 valence electrons. The Morgan fingerprint density at radius 3 is 1.31 bits per heavy atom. The molecule has 8 nitrogen and oxygen atoms in total. The van der Waals surface area contributed by atoms with Gasteiger partial charge in [0.2, 0.25) is 5.91 Å². The number of likely N-dealkylation sites (N-methyl/N-ethyl adjacent to an activating group) is 1. The van der Waals surface area contributed by atoms with Crippen molar-refractivity contribution in [2.45, 2.75) is 238 Å². The highest BCUT2D eigenvalue weighted by Crippen LogP contribution is 2.43. The van der Waals surface area contributed by atoms with Crippen LogP contribution < -0.4 is 5.32 Å². The average Bonchev–Trinajstić information content (AvgIpc) is 3.29. The number of carbonyl (C=O) groups is 1. The van der Waals surface area contributed by atoms with E-state index >= 15 is 0 Å². The molecule has 3 unspecified atom stereocenters. The lowest BCUT2D eigenvalue weighted by molar-refractivity contribution is -0.870. The summed E-state index contributed by atoms with van der Waals surface area (Å²) in [7, 11) is 1.54. The van der Waals surface area contributed by atoms with Crippen LogP contribution in [0, 0.1) is 0 Å². The fourth-order valence-corrected chi connectivity index (χ4v) is 8.34. The Labute approximate surface area is 414 Å². The van der Waals surface area contributed by atoms with Gasteiger partial charge in [-0.2, -0.15) is 0 Å². The highest BCUT2D eigenvalue weighted by Gasteiger charge is 2.27. The van der Waals surface area contributed by atoms with Crippen LogP contribution in [0.25, 0.3) is 0 Å². The zero-order chi connectivity index (χ0) is 49.2. The van der Waals surface area contributed by atoms with Crippen molar-refractivity contribution in [2.24, 2.45) is 0 Å². The van der Waals surface area contributed by atoms with Crippen LogP contribution >= 0.6 is 7.82 Å². The normalized spacial score (nSPS) is 14.7. The Morgan fingerprint density at radius 2 is 0.866 bits per heavy atom. The second-order valence-corrected chi connectivity index (χ2v) is 21.0. The van der Waals surface area contributed by atoms with E-state index in [1.165, 1.54) is 128 Å². The van der Waals surface area contributed by atoms with Crippen molar-refractivity contribution in [1.29, 1.82) is 0 Å². The maximum Gasteiger partial charge on any atom is 0.472 e. The average molecular weight is 958 g/mol. The zero-order valence-corrected chi connectivity index (χ0v) is 45.0. The van der Waals surface area contributed by atoms with Crippen molar-refractivity contribution in [2.75, 3.05) is 40.9 Å². The number of unbranched alkanes of at least 4 members (excludes halogenated alkanes) is 24. The Kier molecular flexibility index (Phi) is 47.0. The number of hydrogen-bond donors (Lipinski definition) is 3. The summed E-state index contributed by atoms with van der Waals surface area (Å²) >= 11 is 0. The Bertz CT molecular complexity index is 1360. The number of hydrogen-bond acceptors (Lipinski definition) is 5. The molecule has 1 amide bonds. The lowest BCUT2D eigenvalue weighted by Crippen LogP contribution is -2.45. The van der Waals surface area contributed by atoms with Crippen molar-refractivity contribution in [3.63, 3.8) is 0 Å². The minimum Gasteiger partial charge on any atom is -0.387 e. The monoisotopic (exact) mass is 958 g/mol. The van der Waals surface area contributed by atoms with E-state index in [2.05, 4.69) is 92.1 Å². The number of carbonyl (C=O) groups excluding carboxylic acids is 1. The van der Waals surface area contributed by atoms with Gasteiger partial charge in [0.05, 0.1) is 39.9 Å². The standard InChI is InChI=1S/C58H105N2O6P/c1-6-8-10-12-14-16-18-19-20-21-22-23-24-25-26-27-28-29-30-31-32-33-34-35-36-37-38-39-40-41-42-44-46-48-50-52-58(62)59-56(55-66-67(63,64)65-54-53-60(3,4)5)57(61)51-49-47-45-43-17-15-13-11-9-7-2/h8-11,14,16-17,19-20,22-23,43,49,51,56-57,61H,6-7,12-13,15,18,21,24-42,44-48,50,52-55H2,1-5H3,(H-,59,62,63,64)/p+1/b10-8-,11-9+,16-14-,20-19-,23-22-,43-17+,51-49+. The molecule has 0 aliphatic rings. The molecule has 0 fully saturated rings. The summed E-state index contributed by atoms with van der Waals surface area (Å²) in [4.78, 5) is 23.2. The summed E-state index contributed by atoms with van der Waals surface area (Å²) in [6, 6.07) is -0.869. The van der Waals surface area contributed by atoms with Crippen molar-refractivity contribution >= 4 is 13.7 Å². The molecule has 0 aromatic carbocycles. The van der Waals surface area contributed by atoms with Crippen LogP contribution in [0.2, 0.25) is 0 Å². The van der Waals surface area contributed by atoms with Gasteiger partial charge in [-0.15, -0.1) is 0 Å². The molecule has 0 saturated heterocycles. The first-order chi connectivity index (χ1) is 32.5. The molecule has 0 bridgehead atoms. The third-order valence-corrected chi connectivity index (χ3v) is 12.8. The molecule has 0 rings (SSSR count). The Morgan fingerprint density at radius 1 is 0.507 bits per heavy atom. The van der Waals surface area contributed by atoms with Crippen LogP contribution in [-0.2, 0) is 18.4 Å². The quantitative estimate of drug-likeness (QED) is 0.0243. The number of phosphoric ester groups is 1. The minimum atomic E-state index is -4.35. The molecule has 0 aliphatic heterocycles. The van der Waals surface area contributed by atoms with Crippen LogP contribution in [0.5, 0.6) is 0 Å². The summed E-state index contributed by atoms with van der Waals surface area (Å²) in [5.74, 6) is -0.193. The molecule has 0 spiro atoms. The maximum atomic E-state index is 12.9. The van der Waals surface area contributed by atoms with Gasteiger partial charge in [-0.1, -0.05) is 227 Å². The molecule has 0 saturated carbocycles. The second-order valence-electron chi connectivity index (χ2n) is 19.5. The molecule has 67 heavy (non-hydrogen) atoms. The fourth-order valence-electron chi connectivity index (χ4n) is 7.60. The number of nitrogens with one attached hydrogen (secondary N) is 1. The predicted molar refractivity (Wildman–Crippen MR) is 290 cm³/mol. The van der Waals surface area contributed by atoms with Gasteiger partial charge in [-0.3, -0.25) is 13.8 Å². The molecule has 0 aliphatic carbocycles. The third-order valence-electron chi connectivity index (χ3n) is 11.8. The summed E-state index contributed by atoms with van der Waals surface area (Å²) in [6.45, 7) is 4.54. The van der Waals surface area contributed by atoms with E-state index in [4.69, 9.17) is 9.05 Å². The maximum absolute atomic E-state index is 12.9. The van der Waals surface area contributed by atoms with Gasteiger partial charge in [0.1, 0.15) is 13.2 Å². The van der Waals surface area contributed by atoms with Gasteiger partial charge >= 0.3 is 7.82 Å². The first kappa shape index (κ1) is 64.7. The van der Waals surface area contributed by atoms with E-state index in [-0.39, 0.29) is 19.1 Å². The minimum absolute atomic E-state index is 0.0516. The molecule has 9 heteroatoms. The number of aliphatic hydroxyl groups is 1. The largest absolute Gasteiger partial charge is 0.472 e. The molecular formula is C58H106N2O6P+. The summed E-state index contributed by atoms with van der Waals surface area (Å²) in [5.41, 5.74) is 0. The van der Waals surface area contributed by atoms with Crippen LogP contribution in [0.3, 0.4) is 0 Å². The van der Waals surface area contributed by atoms with Crippen molar-refractivity contribution in [3.05, 3.63) is 85.1 Å². The van der Waals surface area contributed by atoms with Crippen LogP contribution in [0.1, 0.15) is 226 Å². The molecule has 0 aromatic rings. The van der Waals surface area contributed by atoms with Gasteiger partial charge in [0.25, 0.3) is 0 Å².